The number of hydrogen-bond donors (Lipinski definition) is 1. The van der Waals surface area contributed by atoms with E-state index in [9.17, 15) is 0 Å². The molecule has 16 heavy (non-hydrogen) atoms. The standard InChI is InChI=1S/C14H28N2/c1-11(2)15-12(3)13-6-5-9-16(10-13)14-7-4-8-14/h11-15H,4-10H2,1-3H3. The zero-order valence-electron chi connectivity index (χ0n) is 11.2. The van der Waals surface area contributed by atoms with Gasteiger partial charge in [-0.2, -0.15) is 0 Å². The molecule has 1 saturated heterocycles. The maximum atomic E-state index is 3.68. The van der Waals surface area contributed by atoms with Crippen molar-refractivity contribution in [3.05, 3.63) is 0 Å². The summed E-state index contributed by atoms with van der Waals surface area (Å²) < 4.78 is 0. The first-order chi connectivity index (χ1) is 7.66. The summed E-state index contributed by atoms with van der Waals surface area (Å²) in [7, 11) is 0. The second-order valence-electron chi connectivity index (χ2n) is 6.09. The summed E-state index contributed by atoms with van der Waals surface area (Å²) in [5, 5.41) is 3.68. The SMILES string of the molecule is CC(C)NC(C)C1CCCN(C2CCC2)C1. The molecular weight excluding hydrogens is 196 g/mol. The molecule has 2 heteroatoms. The smallest absolute Gasteiger partial charge is 0.00954 e. The molecule has 1 aliphatic heterocycles. The molecule has 0 aromatic heterocycles. The summed E-state index contributed by atoms with van der Waals surface area (Å²) in [6.07, 6.45) is 7.21. The third-order valence-electron chi connectivity index (χ3n) is 4.38. The van der Waals surface area contributed by atoms with E-state index in [1.807, 2.05) is 0 Å². The van der Waals surface area contributed by atoms with Crippen molar-refractivity contribution in [1.82, 2.24) is 10.2 Å². The van der Waals surface area contributed by atoms with Crippen molar-refractivity contribution >= 4 is 0 Å². The Morgan fingerprint density at radius 3 is 2.38 bits per heavy atom. The van der Waals surface area contributed by atoms with Crippen molar-refractivity contribution in [3.8, 4) is 0 Å². The molecule has 1 heterocycles. The fourth-order valence-electron chi connectivity index (χ4n) is 3.19. The summed E-state index contributed by atoms with van der Waals surface area (Å²) in [6, 6.07) is 2.24. The summed E-state index contributed by atoms with van der Waals surface area (Å²) in [5.74, 6) is 0.872. The Bertz CT molecular complexity index is 211. The molecule has 1 saturated carbocycles. The van der Waals surface area contributed by atoms with Gasteiger partial charge in [-0.1, -0.05) is 20.3 Å². The van der Waals surface area contributed by atoms with Gasteiger partial charge in [0.2, 0.25) is 0 Å². The normalized spacial score (nSPS) is 30.4. The molecule has 1 N–H and O–H groups in total. The fraction of sp³-hybridized carbons (Fsp3) is 1.00. The third-order valence-corrected chi connectivity index (χ3v) is 4.38. The summed E-state index contributed by atoms with van der Waals surface area (Å²) in [6.45, 7) is 9.57. The fourth-order valence-corrected chi connectivity index (χ4v) is 3.19. The van der Waals surface area contributed by atoms with Gasteiger partial charge in [-0.25, -0.2) is 0 Å². The first kappa shape index (κ1) is 12.4. The Labute approximate surface area is 101 Å². The molecule has 2 atom stereocenters. The molecule has 2 fully saturated rings. The first-order valence-electron chi connectivity index (χ1n) is 7.17. The van der Waals surface area contributed by atoms with Crippen LogP contribution in [0.3, 0.4) is 0 Å². The zero-order chi connectivity index (χ0) is 11.5. The molecule has 0 amide bonds. The van der Waals surface area contributed by atoms with Crippen molar-refractivity contribution in [3.63, 3.8) is 0 Å². The van der Waals surface area contributed by atoms with Crippen LogP contribution in [0.2, 0.25) is 0 Å². The van der Waals surface area contributed by atoms with Crippen LogP contribution in [-0.4, -0.2) is 36.1 Å². The predicted molar refractivity (Wildman–Crippen MR) is 69.7 cm³/mol. The number of hydrogen-bond acceptors (Lipinski definition) is 2. The lowest BCUT2D eigenvalue weighted by Crippen LogP contribution is -2.50. The van der Waals surface area contributed by atoms with Gasteiger partial charge in [0.1, 0.15) is 0 Å². The quantitative estimate of drug-likeness (QED) is 0.790. The summed E-state index contributed by atoms with van der Waals surface area (Å²) >= 11 is 0. The Morgan fingerprint density at radius 1 is 1.06 bits per heavy atom. The van der Waals surface area contributed by atoms with Crippen LogP contribution in [0.1, 0.15) is 52.9 Å². The minimum atomic E-state index is 0.620. The van der Waals surface area contributed by atoms with Crippen molar-refractivity contribution in [2.24, 2.45) is 5.92 Å². The van der Waals surface area contributed by atoms with E-state index in [0.29, 0.717) is 12.1 Å². The minimum absolute atomic E-state index is 0.620. The molecule has 0 aromatic carbocycles. The molecule has 2 nitrogen and oxygen atoms in total. The van der Waals surface area contributed by atoms with E-state index >= 15 is 0 Å². The van der Waals surface area contributed by atoms with Gasteiger partial charge in [-0.15, -0.1) is 0 Å². The van der Waals surface area contributed by atoms with Gasteiger partial charge >= 0.3 is 0 Å². The van der Waals surface area contributed by atoms with Gasteiger partial charge in [0.25, 0.3) is 0 Å². The van der Waals surface area contributed by atoms with Crippen LogP contribution < -0.4 is 5.32 Å². The maximum absolute atomic E-state index is 3.68. The second kappa shape index (κ2) is 5.50. The highest BCUT2D eigenvalue weighted by molar-refractivity contribution is 4.87. The molecule has 0 spiro atoms. The average Bonchev–Trinajstić information content (AvgIpc) is 2.14. The largest absolute Gasteiger partial charge is 0.312 e. The average molecular weight is 224 g/mol. The van der Waals surface area contributed by atoms with Crippen LogP contribution >= 0.6 is 0 Å². The van der Waals surface area contributed by atoms with Crippen LogP contribution in [0.15, 0.2) is 0 Å². The van der Waals surface area contributed by atoms with E-state index in [1.165, 1.54) is 45.2 Å². The van der Waals surface area contributed by atoms with Crippen LogP contribution in [0.25, 0.3) is 0 Å². The van der Waals surface area contributed by atoms with Crippen molar-refractivity contribution in [1.29, 1.82) is 0 Å². The molecule has 0 bridgehead atoms. The van der Waals surface area contributed by atoms with Crippen LogP contribution in [-0.2, 0) is 0 Å². The van der Waals surface area contributed by atoms with Gasteiger partial charge in [-0.05, 0) is 45.1 Å². The molecular formula is C14H28N2. The van der Waals surface area contributed by atoms with Crippen molar-refractivity contribution in [2.75, 3.05) is 13.1 Å². The van der Waals surface area contributed by atoms with E-state index in [1.54, 1.807) is 0 Å². The highest BCUT2D eigenvalue weighted by Crippen LogP contribution is 2.30. The van der Waals surface area contributed by atoms with Gasteiger partial charge in [0.15, 0.2) is 0 Å². The maximum Gasteiger partial charge on any atom is 0.00954 e. The lowest BCUT2D eigenvalue weighted by molar-refractivity contribution is 0.0657. The Hall–Kier alpha value is -0.0800. The summed E-state index contributed by atoms with van der Waals surface area (Å²) in [4.78, 5) is 2.76. The molecule has 94 valence electrons. The third kappa shape index (κ3) is 2.98. The first-order valence-corrected chi connectivity index (χ1v) is 7.17. The number of nitrogens with zero attached hydrogens (tertiary/aromatic N) is 1. The van der Waals surface area contributed by atoms with E-state index in [0.717, 1.165) is 12.0 Å². The van der Waals surface area contributed by atoms with Gasteiger partial charge in [-0.3, -0.25) is 0 Å². The van der Waals surface area contributed by atoms with Crippen LogP contribution in [0, 0.1) is 5.92 Å². The van der Waals surface area contributed by atoms with Gasteiger partial charge in [0.05, 0.1) is 0 Å². The minimum Gasteiger partial charge on any atom is -0.312 e. The number of rotatable bonds is 4. The second-order valence-corrected chi connectivity index (χ2v) is 6.09. The van der Waals surface area contributed by atoms with Crippen molar-refractivity contribution < 1.29 is 0 Å². The highest BCUT2D eigenvalue weighted by Gasteiger charge is 2.31. The zero-order valence-corrected chi connectivity index (χ0v) is 11.2. The molecule has 2 rings (SSSR count). The molecule has 1 aliphatic carbocycles. The Balaban J connectivity index is 1.80. The predicted octanol–water partition coefficient (Wildman–Crippen LogP) is 2.64. The topological polar surface area (TPSA) is 15.3 Å². The van der Waals surface area contributed by atoms with E-state index < -0.39 is 0 Å². The van der Waals surface area contributed by atoms with E-state index in [4.69, 9.17) is 0 Å². The van der Waals surface area contributed by atoms with Gasteiger partial charge in [0, 0.05) is 24.7 Å². The highest BCUT2D eigenvalue weighted by atomic mass is 15.2. The Morgan fingerprint density at radius 2 is 1.81 bits per heavy atom. The molecule has 2 aliphatic rings. The lowest BCUT2D eigenvalue weighted by atomic mass is 9.85. The lowest BCUT2D eigenvalue weighted by Gasteiger charge is -2.44. The Kier molecular flexibility index (Phi) is 4.26. The van der Waals surface area contributed by atoms with Gasteiger partial charge < -0.3 is 10.2 Å². The molecule has 0 radical (unpaired) electrons. The number of piperidine rings is 1. The van der Waals surface area contributed by atoms with Crippen molar-refractivity contribution in [2.45, 2.75) is 71.0 Å². The van der Waals surface area contributed by atoms with Crippen LogP contribution in [0.5, 0.6) is 0 Å². The monoisotopic (exact) mass is 224 g/mol. The van der Waals surface area contributed by atoms with E-state index in [2.05, 4.69) is 31.0 Å². The number of likely N-dealkylation sites (tertiary alicyclic amines) is 1. The van der Waals surface area contributed by atoms with E-state index in [-0.39, 0.29) is 0 Å². The van der Waals surface area contributed by atoms with Crippen LogP contribution in [0.4, 0.5) is 0 Å². The number of nitrogens with one attached hydrogen (secondary N) is 1. The molecule has 0 aromatic rings. The molecule has 2 unspecified atom stereocenters. The summed E-state index contributed by atoms with van der Waals surface area (Å²) in [5.41, 5.74) is 0.